The van der Waals surface area contributed by atoms with Crippen LogP contribution in [0.1, 0.15) is 16.1 Å². The number of rotatable bonds is 5. The number of hydrogen-bond acceptors (Lipinski definition) is 5. The van der Waals surface area contributed by atoms with Crippen molar-refractivity contribution in [3.8, 4) is 0 Å². The molecule has 4 N–H and O–H groups in total. The largest absolute Gasteiger partial charge is 0.409 e. The molecular formula is C10H14N4O3S. The van der Waals surface area contributed by atoms with E-state index in [2.05, 4.69) is 15.5 Å². The molecule has 8 heteroatoms. The molecule has 1 aromatic heterocycles. The van der Waals surface area contributed by atoms with Crippen LogP contribution in [0, 0.1) is 0 Å². The molecule has 0 fully saturated rings. The van der Waals surface area contributed by atoms with Gasteiger partial charge in [-0.15, -0.1) is 0 Å². The van der Waals surface area contributed by atoms with Crippen LogP contribution in [0.4, 0.5) is 0 Å². The number of hydrogen-bond donors (Lipinski definition) is 3. The van der Waals surface area contributed by atoms with Gasteiger partial charge in [0.15, 0.2) is 5.84 Å². The number of carbonyl (C=O) groups is 1. The van der Waals surface area contributed by atoms with E-state index in [4.69, 9.17) is 10.9 Å². The maximum absolute atomic E-state index is 11.6. The maximum atomic E-state index is 11.6. The van der Waals surface area contributed by atoms with Gasteiger partial charge in [0.05, 0.1) is 0 Å². The van der Waals surface area contributed by atoms with Crippen molar-refractivity contribution >= 4 is 22.5 Å². The van der Waals surface area contributed by atoms with Crippen LogP contribution in [0.3, 0.4) is 0 Å². The molecule has 0 aliphatic carbocycles. The highest BCUT2D eigenvalue weighted by Crippen LogP contribution is 2.00. The third-order valence-electron chi connectivity index (χ3n) is 2.07. The Kier molecular flexibility index (Phi) is 5.25. The lowest BCUT2D eigenvalue weighted by molar-refractivity contribution is 0.0951. The molecule has 18 heavy (non-hydrogen) atoms. The zero-order chi connectivity index (χ0) is 13.5. The minimum Gasteiger partial charge on any atom is -0.409 e. The van der Waals surface area contributed by atoms with Crippen molar-refractivity contribution in [2.45, 2.75) is 0 Å². The van der Waals surface area contributed by atoms with Crippen LogP contribution in [-0.2, 0) is 10.8 Å². The molecule has 0 radical (unpaired) electrons. The fraction of sp³-hybridized carbons (Fsp3) is 0.300. The van der Waals surface area contributed by atoms with Gasteiger partial charge in [-0.05, 0) is 12.1 Å². The summed E-state index contributed by atoms with van der Waals surface area (Å²) < 4.78 is 10.8. The second kappa shape index (κ2) is 6.70. The summed E-state index contributed by atoms with van der Waals surface area (Å²) in [5, 5.41) is 13.9. The SMILES string of the molecule is CS(=O)CCNC(=O)c1ccc(/C(N)=N/O)cn1. The molecule has 98 valence electrons. The van der Waals surface area contributed by atoms with Crippen LogP contribution in [-0.4, -0.2) is 44.7 Å². The zero-order valence-corrected chi connectivity index (χ0v) is 10.6. The first-order valence-corrected chi connectivity index (χ1v) is 6.79. The van der Waals surface area contributed by atoms with Gasteiger partial charge in [-0.2, -0.15) is 0 Å². The first-order chi connectivity index (χ1) is 8.54. The summed E-state index contributed by atoms with van der Waals surface area (Å²) in [6.45, 7) is 0.325. The summed E-state index contributed by atoms with van der Waals surface area (Å²) in [6.07, 6.45) is 2.90. The number of aromatic nitrogens is 1. The monoisotopic (exact) mass is 270 g/mol. The van der Waals surface area contributed by atoms with Crippen molar-refractivity contribution in [1.29, 1.82) is 0 Å². The molecule has 1 atom stereocenters. The Labute approximate surface area is 107 Å². The topological polar surface area (TPSA) is 118 Å². The Bertz CT molecular complexity index is 473. The molecule has 1 aromatic rings. The van der Waals surface area contributed by atoms with Crippen molar-refractivity contribution in [3.05, 3.63) is 29.6 Å². The first-order valence-electron chi connectivity index (χ1n) is 5.06. The van der Waals surface area contributed by atoms with Crippen molar-refractivity contribution in [1.82, 2.24) is 10.3 Å². The van der Waals surface area contributed by atoms with E-state index in [1.54, 1.807) is 6.26 Å². The predicted octanol–water partition coefficient (Wildman–Crippen LogP) is -0.716. The Morgan fingerprint density at radius 3 is 2.83 bits per heavy atom. The van der Waals surface area contributed by atoms with Crippen molar-refractivity contribution in [3.63, 3.8) is 0 Å². The standard InChI is InChI=1S/C10H14N4O3S/c1-18(17)5-4-12-10(15)8-3-2-7(6-13-8)9(11)14-16/h2-3,6,16H,4-5H2,1H3,(H2,11,14)(H,12,15). The average molecular weight is 270 g/mol. The second-order valence-electron chi connectivity index (χ2n) is 3.45. The lowest BCUT2D eigenvalue weighted by Crippen LogP contribution is -2.28. The number of nitrogens with zero attached hydrogens (tertiary/aromatic N) is 2. The van der Waals surface area contributed by atoms with Gasteiger partial charge < -0.3 is 16.3 Å². The van der Waals surface area contributed by atoms with Gasteiger partial charge >= 0.3 is 0 Å². The molecule has 0 spiro atoms. The average Bonchev–Trinajstić information content (AvgIpc) is 2.37. The van der Waals surface area contributed by atoms with Crippen molar-refractivity contribution < 1.29 is 14.2 Å². The molecule has 0 saturated heterocycles. The molecule has 7 nitrogen and oxygen atoms in total. The Balaban J connectivity index is 2.62. The van der Waals surface area contributed by atoms with Crippen LogP contribution < -0.4 is 11.1 Å². The number of oxime groups is 1. The van der Waals surface area contributed by atoms with E-state index in [0.29, 0.717) is 17.9 Å². The van der Waals surface area contributed by atoms with E-state index in [1.807, 2.05) is 0 Å². The molecule has 0 aliphatic rings. The minimum atomic E-state index is -0.945. The van der Waals surface area contributed by atoms with Gasteiger partial charge in [-0.3, -0.25) is 14.0 Å². The number of pyridine rings is 1. The van der Waals surface area contributed by atoms with Crippen LogP contribution in [0.25, 0.3) is 0 Å². The fourth-order valence-electron chi connectivity index (χ4n) is 1.14. The molecule has 1 heterocycles. The molecule has 0 bridgehead atoms. The molecule has 1 unspecified atom stereocenters. The van der Waals surface area contributed by atoms with Crippen molar-refractivity contribution in [2.75, 3.05) is 18.6 Å². The van der Waals surface area contributed by atoms with Gasteiger partial charge in [0.1, 0.15) is 5.69 Å². The summed E-state index contributed by atoms with van der Waals surface area (Å²) in [4.78, 5) is 15.5. The number of amides is 1. The second-order valence-corrected chi connectivity index (χ2v) is 5.01. The summed E-state index contributed by atoms with van der Waals surface area (Å²) in [5.41, 5.74) is 5.99. The Morgan fingerprint density at radius 2 is 2.33 bits per heavy atom. The Morgan fingerprint density at radius 1 is 1.61 bits per heavy atom. The minimum absolute atomic E-state index is 0.0733. The lowest BCUT2D eigenvalue weighted by atomic mass is 10.2. The van der Waals surface area contributed by atoms with Gasteiger partial charge in [-0.25, -0.2) is 0 Å². The van der Waals surface area contributed by atoms with E-state index in [-0.39, 0.29) is 17.4 Å². The smallest absolute Gasteiger partial charge is 0.269 e. The third-order valence-corrected chi connectivity index (χ3v) is 2.85. The van der Waals surface area contributed by atoms with Gasteiger partial charge in [0.2, 0.25) is 0 Å². The van der Waals surface area contributed by atoms with Crippen LogP contribution in [0.2, 0.25) is 0 Å². The van der Waals surface area contributed by atoms with E-state index >= 15 is 0 Å². The molecule has 0 saturated carbocycles. The lowest BCUT2D eigenvalue weighted by Gasteiger charge is -2.04. The molecule has 0 aromatic carbocycles. The number of amidine groups is 1. The third kappa shape index (κ3) is 4.13. The van der Waals surface area contributed by atoms with E-state index < -0.39 is 10.8 Å². The number of nitrogens with one attached hydrogen (secondary N) is 1. The number of carbonyl (C=O) groups excluding carboxylic acids is 1. The summed E-state index contributed by atoms with van der Waals surface area (Å²) in [7, 11) is -0.945. The highest BCUT2D eigenvalue weighted by Gasteiger charge is 2.07. The molecule has 1 rings (SSSR count). The van der Waals surface area contributed by atoms with E-state index in [9.17, 15) is 9.00 Å². The molecule has 1 amide bonds. The predicted molar refractivity (Wildman–Crippen MR) is 68.0 cm³/mol. The highest BCUT2D eigenvalue weighted by atomic mass is 32.2. The number of nitrogens with two attached hydrogens (primary N) is 1. The summed E-state index contributed by atoms with van der Waals surface area (Å²) >= 11 is 0. The zero-order valence-electron chi connectivity index (χ0n) is 9.79. The van der Waals surface area contributed by atoms with Crippen LogP contribution >= 0.6 is 0 Å². The van der Waals surface area contributed by atoms with Gasteiger partial charge in [0, 0.05) is 41.1 Å². The molecular weight excluding hydrogens is 256 g/mol. The van der Waals surface area contributed by atoms with Crippen molar-refractivity contribution in [2.24, 2.45) is 10.9 Å². The van der Waals surface area contributed by atoms with Gasteiger partial charge in [-0.1, -0.05) is 5.16 Å². The first kappa shape index (κ1) is 14.1. The summed E-state index contributed by atoms with van der Waals surface area (Å²) in [5.74, 6) is -0.0316. The fourth-order valence-corrected chi connectivity index (χ4v) is 1.53. The Hall–Kier alpha value is -1.96. The highest BCUT2D eigenvalue weighted by molar-refractivity contribution is 7.84. The van der Waals surface area contributed by atoms with Crippen LogP contribution in [0.15, 0.2) is 23.5 Å². The summed E-state index contributed by atoms with van der Waals surface area (Å²) in [6, 6.07) is 2.99. The maximum Gasteiger partial charge on any atom is 0.269 e. The van der Waals surface area contributed by atoms with Crippen LogP contribution in [0.5, 0.6) is 0 Å². The van der Waals surface area contributed by atoms with E-state index in [1.165, 1.54) is 18.3 Å². The van der Waals surface area contributed by atoms with E-state index in [0.717, 1.165) is 0 Å². The van der Waals surface area contributed by atoms with Gasteiger partial charge in [0.25, 0.3) is 5.91 Å². The normalized spacial score (nSPS) is 13.1. The quantitative estimate of drug-likeness (QED) is 0.282. The molecule has 0 aliphatic heterocycles.